The van der Waals surface area contributed by atoms with E-state index in [-0.39, 0.29) is 0 Å². The van der Waals surface area contributed by atoms with E-state index >= 15 is 0 Å². The molecule has 7 aromatic carbocycles. The zero-order chi connectivity index (χ0) is 36.5. The molecule has 0 spiro atoms. The molecular formula is C50H47NSi. The van der Waals surface area contributed by atoms with E-state index in [0.29, 0.717) is 0 Å². The fraction of sp³-hybridized carbons (Fsp3) is 0.180. The van der Waals surface area contributed by atoms with Crippen molar-refractivity contribution in [2.75, 3.05) is 0 Å². The summed E-state index contributed by atoms with van der Waals surface area (Å²) in [5.74, 6) is 0. The van der Waals surface area contributed by atoms with Crippen molar-refractivity contribution < 1.29 is 0 Å². The Bertz CT molecular complexity index is 2510. The van der Waals surface area contributed by atoms with Crippen LogP contribution < -0.4 is 20.7 Å². The maximum atomic E-state index is 4.96. The van der Waals surface area contributed by atoms with Gasteiger partial charge in [-0.15, -0.1) is 0 Å². The van der Waals surface area contributed by atoms with Crippen molar-refractivity contribution >= 4 is 61.3 Å². The van der Waals surface area contributed by atoms with Crippen LogP contribution in [0.2, 0.25) is 0 Å². The minimum Gasteiger partial charge on any atom is -0.256 e. The molecule has 0 fully saturated rings. The maximum Gasteiger partial charge on any atom is 0.181 e. The minimum absolute atomic E-state index is 1.02. The third-order valence-corrected chi connectivity index (χ3v) is 17.2. The minimum atomic E-state index is -2.87. The summed E-state index contributed by atoms with van der Waals surface area (Å²) >= 11 is 0. The highest BCUT2D eigenvalue weighted by Gasteiger charge is 2.47. The fourth-order valence-corrected chi connectivity index (χ4v) is 16.2. The summed E-state index contributed by atoms with van der Waals surface area (Å²) in [6, 6.07) is 44.0. The van der Waals surface area contributed by atoms with E-state index in [2.05, 4.69) is 178 Å². The van der Waals surface area contributed by atoms with Crippen molar-refractivity contribution in [2.24, 2.45) is 0 Å². The van der Waals surface area contributed by atoms with Gasteiger partial charge in [0.25, 0.3) is 0 Å². The number of pyridine rings is 1. The van der Waals surface area contributed by atoms with Crippen LogP contribution >= 0.6 is 0 Å². The van der Waals surface area contributed by atoms with Crippen LogP contribution in [0.1, 0.15) is 50.1 Å². The first-order valence-corrected chi connectivity index (χ1v) is 20.5. The molecule has 0 radical (unpaired) electrons. The SMILES string of the molecule is Cc1cc(C)c([Si](c2ccc(-c3ccc4c(c3)ncc3ccc5ccccc5c34)cc2)(c2c(C)cc(C)cc2C)c2c(C)cc(C)cc2C)c(C)c1. The average Bonchev–Trinajstić information content (AvgIpc) is 3.09. The number of hydrogen-bond acceptors (Lipinski definition) is 1. The first kappa shape index (κ1) is 33.8. The Hall–Kier alpha value is -5.31. The molecule has 0 saturated carbocycles. The first-order chi connectivity index (χ1) is 25.0. The predicted molar refractivity (Wildman–Crippen MR) is 228 cm³/mol. The van der Waals surface area contributed by atoms with Gasteiger partial charge in [0.2, 0.25) is 0 Å². The van der Waals surface area contributed by atoms with Crippen molar-refractivity contribution in [3.8, 4) is 11.1 Å². The highest BCUT2D eigenvalue weighted by atomic mass is 28.3. The first-order valence-electron chi connectivity index (χ1n) is 18.5. The predicted octanol–water partition coefficient (Wildman–Crippen LogP) is 10.4. The summed E-state index contributed by atoms with van der Waals surface area (Å²) in [6.45, 7) is 20.8. The monoisotopic (exact) mass is 689 g/mol. The topological polar surface area (TPSA) is 12.9 Å². The third-order valence-electron chi connectivity index (χ3n) is 11.4. The number of aryl methyl sites for hydroxylation is 9. The van der Waals surface area contributed by atoms with Crippen molar-refractivity contribution in [3.05, 3.63) is 172 Å². The molecule has 8 aromatic rings. The lowest BCUT2D eigenvalue weighted by molar-refractivity contribution is 1.32. The van der Waals surface area contributed by atoms with Gasteiger partial charge < -0.3 is 0 Å². The molecule has 1 nitrogen and oxygen atoms in total. The number of rotatable bonds is 5. The molecule has 0 aliphatic heterocycles. The van der Waals surface area contributed by atoms with Crippen LogP contribution in [0.4, 0.5) is 0 Å². The van der Waals surface area contributed by atoms with Gasteiger partial charge in [-0.05, 0) is 111 Å². The van der Waals surface area contributed by atoms with Crippen molar-refractivity contribution in [1.29, 1.82) is 0 Å². The van der Waals surface area contributed by atoms with Gasteiger partial charge >= 0.3 is 0 Å². The standard InChI is InChI=1S/C50H47NSi/c1-30-22-33(4)48(34(5)23-30)52(49-35(6)24-31(2)25-36(49)7,50-37(8)26-32(3)27-38(50)9)43-19-16-39(17-20-43)41-18-21-45-46(28-41)51-29-42-15-14-40-12-10-11-13-44(40)47(42)45/h10-29H,1-9H3. The second-order valence-corrected chi connectivity index (χ2v) is 19.0. The van der Waals surface area contributed by atoms with Crippen molar-refractivity contribution in [2.45, 2.75) is 62.3 Å². The Morgan fingerprint density at radius 2 is 0.865 bits per heavy atom. The van der Waals surface area contributed by atoms with Gasteiger partial charge in [-0.1, -0.05) is 159 Å². The van der Waals surface area contributed by atoms with Gasteiger partial charge in [0.15, 0.2) is 8.07 Å². The lowest BCUT2D eigenvalue weighted by atomic mass is 9.97. The summed E-state index contributed by atoms with van der Waals surface area (Å²) in [4.78, 5) is 4.96. The average molecular weight is 690 g/mol. The van der Waals surface area contributed by atoms with E-state index in [0.717, 1.165) is 5.52 Å². The lowest BCUT2D eigenvalue weighted by Crippen LogP contribution is -2.78. The van der Waals surface area contributed by atoms with Gasteiger partial charge in [0.1, 0.15) is 0 Å². The summed E-state index contributed by atoms with van der Waals surface area (Å²) in [7, 11) is -2.87. The summed E-state index contributed by atoms with van der Waals surface area (Å²) in [5, 5.41) is 12.2. The number of nitrogens with zero attached hydrogens (tertiary/aromatic N) is 1. The molecule has 0 amide bonds. The van der Waals surface area contributed by atoms with Gasteiger partial charge in [0, 0.05) is 22.4 Å². The van der Waals surface area contributed by atoms with Crippen LogP contribution in [-0.4, -0.2) is 13.1 Å². The molecule has 8 rings (SSSR count). The number of fused-ring (bicyclic) bond motifs is 5. The zero-order valence-corrected chi connectivity index (χ0v) is 33.0. The molecule has 2 heteroatoms. The fourth-order valence-electron chi connectivity index (χ4n) is 9.90. The Morgan fingerprint density at radius 3 is 1.38 bits per heavy atom. The second kappa shape index (κ2) is 12.7. The Balaban J connectivity index is 1.40. The van der Waals surface area contributed by atoms with Crippen molar-refractivity contribution in [1.82, 2.24) is 4.98 Å². The zero-order valence-electron chi connectivity index (χ0n) is 32.0. The maximum absolute atomic E-state index is 4.96. The van der Waals surface area contributed by atoms with E-state index in [1.54, 1.807) is 0 Å². The van der Waals surface area contributed by atoms with Gasteiger partial charge in [-0.25, -0.2) is 0 Å². The molecule has 0 unspecified atom stereocenters. The highest BCUT2D eigenvalue weighted by Crippen LogP contribution is 2.33. The molecule has 52 heavy (non-hydrogen) atoms. The van der Waals surface area contributed by atoms with Crippen molar-refractivity contribution in [3.63, 3.8) is 0 Å². The Kier molecular flexibility index (Phi) is 8.27. The molecule has 1 aromatic heterocycles. The molecule has 1 heterocycles. The lowest BCUT2D eigenvalue weighted by Gasteiger charge is -2.41. The third kappa shape index (κ3) is 5.31. The molecule has 0 N–H and O–H groups in total. The van der Waals surface area contributed by atoms with Crippen LogP contribution in [0, 0.1) is 62.3 Å². The summed E-state index contributed by atoms with van der Waals surface area (Å²) in [6.07, 6.45) is 2.03. The van der Waals surface area contributed by atoms with Gasteiger partial charge in [0.05, 0.1) is 5.52 Å². The number of aromatic nitrogens is 1. The molecule has 0 aliphatic rings. The Labute approximate surface area is 310 Å². The van der Waals surface area contributed by atoms with Crippen LogP contribution in [0.15, 0.2) is 121 Å². The molecule has 0 atom stereocenters. The largest absolute Gasteiger partial charge is 0.256 e. The molecular weight excluding hydrogens is 643 g/mol. The van der Waals surface area contributed by atoms with E-state index in [4.69, 9.17) is 4.98 Å². The molecule has 0 bridgehead atoms. The molecule has 0 saturated heterocycles. The Morgan fingerprint density at radius 1 is 0.404 bits per heavy atom. The van der Waals surface area contributed by atoms with E-state index < -0.39 is 8.07 Å². The van der Waals surface area contributed by atoms with E-state index in [1.807, 2.05) is 6.20 Å². The quantitative estimate of drug-likeness (QED) is 0.0996. The number of benzene rings is 7. The normalized spacial score (nSPS) is 11.9. The highest BCUT2D eigenvalue weighted by molar-refractivity contribution is 7.21. The smallest absolute Gasteiger partial charge is 0.181 e. The summed E-state index contributed by atoms with van der Waals surface area (Å²) in [5.41, 5.74) is 15.7. The van der Waals surface area contributed by atoms with E-state index in [9.17, 15) is 0 Å². The number of hydrogen-bond donors (Lipinski definition) is 0. The van der Waals surface area contributed by atoms with E-state index in [1.165, 1.54) is 109 Å². The van der Waals surface area contributed by atoms with Crippen LogP contribution in [-0.2, 0) is 0 Å². The second-order valence-electron chi connectivity index (χ2n) is 15.4. The van der Waals surface area contributed by atoms with Crippen LogP contribution in [0.3, 0.4) is 0 Å². The molecule has 256 valence electrons. The summed E-state index contributed by atoms with van der Waals surface area (Å²) < 4.78 is 0. The van der Waals surface area contributed by atoms with Gasteiger partial charge in [-0.3, -0.25) is 4.98 Å². The van der Waals surface area contributed by atoms with Crippen LogP contribution in [0.5, 0.6) is 0 Å². The van der Waals surface area contributed by atoms with Gasteiger partial charge in [-0.2, -0.15) is 0 Å². The molecule has 0 aliphatic carbocycles. The van der Waals surface area contributed by atoms with Crippen LogP contribution in [0.25, 0.3) is 43.6 Å².